The second kappa shape index (κ2) is 5.85. The van der Waals surface area contributed by atoms with Gasteiger partial charge in [-0.1, -0.05) is 13.3 Å². The van der Waals surface area contributed by atoms with Crippen molar-refractivity contribution in [3.05, 3.63) is 23.2 Å². The molecule has 4 rings (SSSR count). The van der Waals surface area contributed by atoms with Crippen LogP contribution in [-0.2, 0) is 9.47 Å². The first kappa shape index (κ1) is 16.6. The normalized spacial score (nSPS) is 32.6. The summed E-state index contributed by atoms with van der Waals surface area (Å²) in [6.45, 7) is 2.58. The smallest absolute Gasteiger partial charge is 0.265 e. The van der Waals surface area contributed by atoms with Crippen LogP contribution in [0.4, 0.5) is 0 Å². The molecule has 136 valence electrons. The number of rotatable bonds is 6. The SMILES string of the molecule is CCCCOc1noc2c1C(=O)[C@@]13O[C@@H](C=C1OC)C[C@H]3[C@@H]2N(C)C. The molecule has 7 nitrogen and oxygen atoms in total. The minimum Gasteiger partial charge on any atom is -0.498 e. The summed E-state index contributed by atoms with van der Waals surface area (Å²) in [6, 6.07) is -0.118. The van der Waals surface area contributed by atoms with E-state index in [4.69, 9.17) is 18.7 Å². The Morgan fingerprint density at radius 3 is 2.92 bits per heavy atom. The highest BCUT2D eigenvalue weighted by atomic mass is 16.6. The largest absolute Gasteiger partial charge is 0.498 e. The molecule has 1 aliphatic carbocycles. The highest BCUT2D eigenvalue weighted by Crippen LogP contribution is 2.59. The van der Waals surface area contributed by atoms with Crippen molar-refractivity contribution < 1.29 is 23.5 Å². The van der Waals surface area contributed by atoms with Gasteiger partial charge in [-0.15, -0.1) is 0 Å². The lowest BCUT2D eigenvalue weighted by Crippen LogP contribution is -2.53. The van der Waals surface area contributed by atoms with Crippen molar-refractivity contribution in [2.75, 3.05) is 27.8 Å². The van der Waals surface area contributed by atoms with Crippen LogP contribution in [0.1, 0.15) is 48.3 Å². The lowest BCUT2D eigenvalue weighted by atomic mass is 9.67. The molecule has 0 unspecified atom stereocenters. The van der Waals surface area contributed by atoms with Gasteiger partial charge in [-0.25, -0.2) is 0 Å². The predicted octanol–water partition coefficient (Wildman–Crippen LogP) is 2.34. The number of unbranched alkanes of at least 4 members (excludes halogenated alkanes) is 1. The maximum Gasteiger partial charge on any atom is 0.265 e. The summed E-state index contributed by atoms with van der Waals surface area (Å²) in [5.41, 5.74) is -0.688. The fourth-order valence-electron chi connectivity index (χ4n) is 4.40. The standard InChI is InChI=1S/C18H24N2O5/c1-5-6-7-23-17-13-15(25-19-17)14(20(2)3)11-8-10-9-12(22-4)18(11,24-10)16(13)21/h9-11,14H,5-8H2,1-4H3/t10-,11+,14+,18+/m1/s1. The van der Waals surface area contributed by atoms with Gasteiger partial charge in [0.1, 0.15) is 11.3 Å². The first-order valence-corrected chi connectivity index (χ1v) is 8.82. The molecule has 2 bridgehead atoms. The maximum atomic E-state index is 13.5. The van der Waals surface area contributed by atoms with Gasteiger partial charge in [0.25, 0.3) is 5.88 Å². The summed E-state index contributed by atoms with van der Waals surface area (Å²) < 4.78 is 23.0. The molecule has 0 amide bonds. The van der Waals surface area contributed by atoms with Crippen molar-refractivity contribution in [3.8, 4) is 5.88 Å². The molecular formula is C18H24N2O5. The van der Waals surface area contributed by atoms with E-state index in [0.717, 1.165) is 19.3 Å². The molecule has 0 saturated carbocycles. The van der Waals surface area contributed by atoms with Gasteiger partial charge < -0.3 is 18.7 Å². The van der Waals surface area contributed by atoms with Crippen molar-refractivity contribution >= 4 is 5.78 Å². The first-order valence-electron chi connectivity index (χ1n) is 8.82. The van der Waals surface area contributed by atoms with Crippen molar-refractivity contribution in [1.82, 2.24) is 10.1 Å². The summed E-state index contributed by atoms with van der Waals surface area (Å²) in [6.07, 6.45) is 4.46. The zero-order chi connectivity index (χ0) is 17.8. The molecule has 3 aliphatic rings. The molecule has 1 saturated heterocycles. The molecule has 7 heteroatoms. The Bertz CT molecular complexity index is 725. The number of Topliss-reactive ketones (excluding diaryl/α,β-unsaturated/α-hetero) is 1. The second-order valence-corrected chi connectivity index (χ2v) is 7.14. The van der Waals surface area contributed by atoms with Crippen molar-refractivity contribution in [1.29, 1.82) is 0 Å². The van der Waals surface area contributed by atoms with Crippen LogP contribution in [0.15, 0.2) is 16.4 Å². The Morgan fingerprint density at radius 1 is 1.44 bits per heavy atom. The monoisotopic (exact) mass is 348 g/mol. The lowest BCUT2D eigenvalue weighted by molar-refractivity contribution is -0.0310. The number of nitrogens with zero attached hydrogens (tertiary/aromatic N) is 2. The number of fused-ring (bicyclic) bond motifs is 2. The summed E-state index contributed by atoms with van der Waals surface area (Å²) in [7, 11) is 5.53. The van der Waals surface area contributed by atoms with Crippen LogP contribution < -0.4 is 4.74 Å². The molecule has 3 heterocycles. The van der Waals surface area contributed by atoms with Crippen LogP contribution in [-0.4, -0.2) is 55.4 Å². The summed E-state index contributed by atoms with van der Waals surface area (Å²) in [5, 5.41) is 4.05. The van der Waals surface area contributed by atoms with Gasteiger partial charge in [-0.05, 0) is 38.2 Å². The van der Waals surface area contributed by atoms with Crippen LogP contribution in [0, 0.1) is 5.92 Å². The average molecular weight is 348 g/mol. The number of aromatic nitrogens is 1. The fourth-order valence-corrected chi connectivity index (χ4v) is 4.40. The molecule has 0 aromatic carbocycles. The van der Waals surface area contributed by atoms with E-state index in [1.165, 1.54) is 0 Å². The zero-order valence-electron chi connectivity index (χ0n) is 15.1. The fraction of sp³-hybridized carbons (Fsp3) is 0.667. The topological polar surface area (TPSA) is 74.0 Å². The van der Waals surface area contributed by atoms with Crippen molar-refractivity contribution in [2.24, 2.45) is 5.92 Å². The van der Waals surface area contributed by atoms with E-state index < -0.39 is 5.60 Å². The molecule has 0 radical (unpaired) electrons. The van der Waals surface area contributed by atoms with Gasteiger partial charge >= 0.3 is 0 Å². The third-order valence-corrected chi connectivity index (χ3v) is 5.46. The van der Waals surface area contributed by atoms with Gasteiger partial charge in [0.2, 0.25) is 5.78 Å². The van der Waals surface area contributed by atoms with E-state index in [9.17, 15) is 4.79 Å². The minimum absolute atomic E-state index is 0.0658. The molecule has 1 aromatic rings. The Balaban J connectivity index is 1.81. The van der Waals surface area contributed by atoms with Crippen LogP contribution in [0.2, 0.25) is 0 Å². The van der Waals surface area contributed by atoms with Gasteiger partial charge in [0.05, 0.1) is 25.9 Å². The summed E-state index contributed by atoms with van der Waals surface area (Å²) >= 11 is 0. The molecule has 1 fully saturated rings. The minimum atomic E-state index is -1.09. The van der Waals surface area contributed by atoms with Crippen LogP contribution in [0.25, 0.3) is 0 Å². The number of ether oxygens (including phenoxy) is 3. The number of hydrogen-bond acceptors (Lipinski definition) is 7. The molecule has 0 N–H and O–H groups in total. The maximum absolute atomic E-state index is 13.5. The van der Waals surface area contributed by atoms with Gasteiger partial charge in [0, 0.05) is 5.92 Å². The van der Waals surface area contributed by atoms with Gasteiger partial charge in [-0.3, -0.25) is 9.69 Å². The number of ketones is 1. The number of carbonyl (C=O) groups excluding carboxylic acids is 1. The Morgan fingerprint density at radius 2 is 2.24 bits per heavy atom. The first-order chi connectivity index (χ1) is 12.0. The van der Waals surface area contributed by atoms with Crippen LogP contribution >= 0.6 is 0 Å². The number of methoxy groups -OCH3 is 1. The van der Waals surface area contributed by atoms with Gasteiger partial charge in [0.15, 0.2) is 11.4 Å². The molecule has 1 spiro atoms. The molecule has 2 aliphatic heterocycles. The molecule has 25 heavy (non-hydrogen) atoms. The van der Waals surface area contributed by atoms with E-state index in [0.29, 0.717) is 23.7 Å². The Hall–Kier alpha value is -1.86. The molecule has 1 aromatic heterocycles. The second-order valence-electron chi connectivity index (χ2n) is 7.14. The van der Waals surface area contributed by atoms with E-state index >= 15 is 0 Å². The highest BCUT2D eigenvalue weighted by molar-refractivity contribution is 6.09. The third kappa shape index (κ3) is 2.12. The highest BCUT2D eigenvalue weighted by Gasteiger charge is 2.68. The predicted molar refractivity (Wildman–Crippen MR) is 88.5 cm³/mol. The Labute approximate surface area is 146 Å². The molecule has 4 atom stereocenters. The Kier molecular flexibility index (Phi) is 3.88. The number of carbonyl (C=O) groups is 1. The lowest BCUT2D eigenvalue weighted by Gasteiger charge is -2.42. The molecular weight excluding hydrogens is 324 g/mol. The van der Waals surface area contributed by atoms with Crippen molar-refractivity contribution in [3.63, 3.8) is 0 Å². The van der Waals surface area contributed by atoms with E-state index in [1.807, 2.05) is 20.2 Å². The van der Waals surface area contributed by atoms with Crippen LogP contribution in [0.5, 0.6) is 5.88 Å². The van der Waals surface area contributed by atoms with Gasteiger partial charge in [-0.2, -0.15) is 0 Å². The van der Waals surface area contributed by atoms with E-state index in [2.05, 4.69) is 17.0 Å². The van der Waals surface area contributed by atoms with E-state index in [-0.39, 0.29) is 29.7 Å². The average Bonchev–Trinajstić information content (AvgIpc) is 3.26. The van der Waals surface area contributed by atoms with Crippen molar-refractivity contribution in [2.45, 2.75) is 43.9 Å². The zero-order valence-corrected chi connectivity index (χ0v) is 15.1. The van der Waals surface area contributed by atoms with E-state index in [1.54, 1.807) is 7.11 Å². The number of hydrogen-bond donors (Lipinski definition) is 0. The summed E-state index contributed by atoms with van der Waals surface area (Å²) in [4.78, 5) is 15.5. The third-order valence-electron chi connectivity index (χ3n) is 5.46. The van der Waals surface area contributed by atoms with Crippen LogP contribution in [0.3, 0.4) is 0 Å². The summed E-state index contributed by atoms with van der Waals surface area (Å²) in [5.74, 6) is 1.21. The quantitative estimate of drug-likeness (QED) is 0.731.